The van der Waals surface area contributed by atoms with E-state index in [-0.39, 0.29) is 17.1 Å². The van der Waals surface area contributed by atoms with Crippen molar-refractivity contribution in [2.45, 2.75) is 38.5 Å². The molecule has 0 atom stereocenters. The summed E-state index contributed by atoms with van der Waals surface area (Å²) in [6, 6.07) is 3.90. The first-order chi connectivity index (χ1) is 13.9. The minimum absolute atomic E-state index is 0.0354. The number of carbonyl (C=O) groups excluding carboxylic acids is 1. The summed E-state index contributed by atoms with van der Waals surface area (Å²) in [5.41, 5.74) is 4.66. The van der Waals surface area contributed by atoms with Crippen LogP contribution in [0.1, 0.15) is 30.6 Å². The predicted molar refractivity (Wildman–Crippen MR) is 115 cm³/mol. The Balaban J connectivity index is 1.89. The Morgan fingerprint density at radius 1 is 1.24 bits per heavy atom. The molecule has 29 heavy (non-hydrogen) atoms. The summed E-state index contributed by atoms with van der Waals surface area (Å²) in [4.78, 5) is 38.6. The summed E-state index contributed by atoms with van der Waals surface area (Å²) in [6.07, 6.45) is 0.649. The molecule has 0 aromatic carbocycles. The van der Waals surface area contributed by atoms with E-state index in [1.807, 2.05) is 35.9 Å². The van der Waals surface area contributed by atoms with Gasteiger partial charge in [0.15, 0.2) is 16.8 Å². The van der Waals surface area contributed by atoms with Gasteiger partial charge in [0.25, 0.3) is 5.56 Å². The van der Waals surface area contributed by atoms with Crippen molar-refractivity contribution in [2.24, 2.45) is 7.05 Å². The fraction of sp³-hybridized carbons (Fsp3) is 0.389. The maximum atomic E-state index is 12.8. The smallest absolute Gasteiger partial charge is 0.332 e. The third-order valence-electron chi connectivity index (χ3n) is 4.42. The normalized spacial score (nSPS) is 11.1. The first kappa shape index (κ1) is 21.1. The minimum Gasteiger partial charge on any atom is -0.384 e. The summed E-state index contributed by atoms with van der Waals surface area (Å²) in [6.45, 7) is 4.83. The molecule has 0 fully saturated rings. The molecule has 9 nitrogen and oxygen atoms in total. The second kappa shape index (κ2) is 8.78. The number of hydrogen-bond donors (Lipinski definition) is 1. The number of rotatable bonds is 8. The van der Waals surface area contributed by atoms with Gasteiger partial charge in [-0.15, -0.1) is 21.5 Å². The van der Waals surface area contributed by atoms with E-state index in [1.165, 1.54) is 23.4 Å². The Morgan fingerprint density at radius 3 is 2.62 bits per heavy atom. The Labute approximate surface area is 175 Å². The van der Waals surface area contributed by atoms with Crippen molar-refractivity contribution in [1.82, 2.24) is 23.9 Å². The molecule has 154 valence electrons. The average Bonchev–Trinajstić information content (AvgIpc) is 3.37. The van der Waals surface area contributed by atoms with Crippen molar-refractivity contribution >= 4 is 34.7 Å². The van der Waals surface area contributed by atoms with Crippen molar-refractivity contribution in [3.8, 4) is 10.7 Å². The molecule has 2 N–H and O–H groups in total. The van der Waals surface area contributed by atoms with Crippen molar-refractivity contribution < 1.29 is 4.79 Å². The lowest BCUT2D eigenvalue weighted by molar-refractivity contribution is 0.102. The monoisotopic (exact) mass is 434 g/mol. The number of anilines is 1. The maximum absolute atomic E-state index is 12.8. The number of aromatic nitrogens is 5. The summed E-state index contributed by atoms with van der Waals surface area (Å²) >= 11 is 2.75. The molecule has 0 amide bonds. The highest BCUT2D eigenvalue weighted by atomic mass is 32.2. The minimum atomic E-state index is -0.679. The van der Waals surface area contributed by atoms with Crippen LogP contribution in [-0.4, -0.2) is 35.4 Å². The van der Waals surface area contributed by atoms with Crippen LogP contribution in [0.2, 0.25) is 0 Å². The van der Waals surface area contributed by atoms with Crippen molar-refractivity contribution in [3.63, 3.8) is 0 Å². The molecule has 0 saturated carbocycles. The van der Waals surface area contributed by atoms with Crippen LogP contribution in [0.3, 0.4) is 0 Å². The SMILES string of the molecule is CCCn1c(N)c(C(=O)CSc2nnc(-c3cccs3)n2CC)c(=O)n(C)c1=O. The molecular formula is C18H22N6O3S2. The highest BCUT2D eigenvalue weighted by Crippen LogP contribution is 2.27. The van der Waals surface area contributed by atoms with E-state index < -0.39 is 17.0 Å². The summed E-state index contributed by atoms with van der Waals surface area (Å²) in [5, 5.41) is 11.0. The van der Waals surface area contributed by atoms with Crippen LogP contribution in [0.25, 0.3) is 10.7 Å². The van der Waals surface area contributed by atoms with Gasteiger partial charge in [0.05, 0.1) is 10.6 Å². The van der Waals surface area contributed by atoms with Crippen LogP contribution in [0.5, 0.6) is 0 Å². The van der Waals surface area contributed by atoms with E-state index in [0.29, 0.717) is 24.7 Å². The van der Waals surface area contributed by atoms with Crippen molar-refractivity contribution in [2.75, 3.05) is 11.5 Å². The van der Waals surface area contributed by atoms with Gasteiger partial charge in [0, 0.05) is 20.1 Å². The number of hydrogen-bond acceptors (Lipinski definition) is 8. The first-order valence-corrected chi connectivity index (χ1v) is 11.0. The number of nitrogens with zero attached hydrogens (tertiary/aromatic N) is 5. The van der Waals surface area contributed by atoms with E-state index in [9.17, 15) is 14.4 Å². The standard InChI is InChI=1S/C18H22N6O3S2/c1-4-8-24-14(19)13(16(26)22(3)18(24)27)11(25)10-29-17-21-20-15(23(17)5-2)12-7-6-9-28-12/h6-7,9H,4-5,8,10,19H2,1-3H3. The lowest BCUT2D eigenvalue weighted by Gasteiger charge is -2.13. The van der Waals surface area contributed by atoms with Crippen LogP contribution in [0, 0.1) is 0 Å². The second-order valence-corrected chi connectivity index (χ2v) is 8.19. The largest absolute Gasteiger partial charge is 0.384 e. The van der Waals surface area contributed by atoms with Gasteiger partial charge in [0.1, 0.15) is 11.4 Å². The number of ketones is 1. The second-order valence-electron chi connectivity index (χ2n) is 6.30. The number of thioether (sulfide) groups is 1. The lowest BCUT2D eigenvalue weighted by atomic mass is 10.2. The third kappa shape index (κ3) is 3.92. The number of Topliss-reactive ketones (excluding diaryl/α,β-unsaturated/α-hetero) is 1. The van der Waals surface area contributed by atoms with E-state index in [0.717, 1.165) is 15.3 Å². The lowest BCUT2D eigenvalue weighted by Crippen LogP contribution is -2.42. The van der Waals surface area contributed by atoms with Gasteiger partial charge in [-0.05, 0) is 24.8 Å². The van der Waals surface area contributed by atoms with Gasteiger partial charge in [-0.3, -0.25) is 18.7 Å². The highest BCUT2D eigenvalue weighted by Gasteiger charge is 2.22. The Hall–Kier alpha value is -2.66. The molecule has 0 aliphatic heterocycles. The zero-order valence-corrected chi connectivity index (χ0v) is 18.0. The Bertz CT molecular complexity index is 1140. The summed E-state index contributed by atoms with van der Waals surface area (Å²) in [7, 11) is 1.35. The molecule has 3 rings (SSSR count). The van der Waals surface area contributed by atoms with E-state index >= 15 is 0 Å². The number of nitrogens with two attached hydrogens (primary N) is 1. The molecule has 0 bridgehead atoms. The molecule has 0 spiro atoms. The van der Waals surface area contributed by atoms with E-state index in [2.05, 4.69) is 10.2 Å². The third-order valence-corrected chi connectivity index (χ3v) is 6.25. The van der Waals surface area contributed by atoms with Gasteiger partial charge < -0.3 is 10.3 Å². The van der Waals surface area contributed by atoms with Crippen molar-refractivity contribution in [3.05, 3.63) is 43.9 Å². The fourth-order valence-electron chi connectivity index (χ4n) is 2.96. The van der Waals surface area contributed by atoms with Crippen LogP contribution >= 0.6 is 23.1 Å². The molecule has 3 aromatic rings. The highest BCUT2D eigenvalue weighted by molar-refractivity contribution is 7.99. The van der Waals surface area contributed by atoms with Gasteiger partial charge in [-0.2, -0.15) is 0 Å². The van der Waals surface area contributed by atoms with Crippen LogP contribution in [-0.2, 0) is 20.1 Å². The Morgan fingerprint density at radius 2 is 2.00 bits per heavy atom. The van der Waals surface area contributed by atoms with Gasteiger partial charge >= 0.3 is 5.69 Å². The topological polar surface area (TPSA) is 118 Å². The van der Waals surface area contributed by atoms with Crippen molar-refractivity contribution in [1.29, 1.82) is 0 Å². The maximum Gasteiger partial charge on any atom is 0.332 e. The summed E-state index contributed by atoms with van der Waals surface area (Å²) in [5.74, 6) is 0.180. The molecule has 3 heterocycles. The van der Waals surface area contributed by atoms with E-state index in [1.54, 1.807) is 11.3 Å². The van der Waals surface area contributed by atoms with Gasteiger partial charge in [-0.1, -0.05) is 24.8 Å². The number of carbonyl (C=O) groups is 1. The number of nitrogen functional groups attached to an aromatic ring is 1. The van der Waals surface area contributed by atoms with Crippen LogP contribution in [0.4, 0.5) is 5.82 Å². The van der Waals surface area contributed by atoms with Gasteiger partial charge in [0.2, 0.25) is 0 Å². The first-order valence-electron chi connectivity index (χ1n) is 9.13. The van der Waals surface area contributed by atoms with Crippen LogP contribution < -0.4 is 17.0 Å². The molecule has 11 heteroatoms. The molecule has 0 aliphatic rings. The molecule has 3 aromatic heterocycles. The zero-order valence-electron chi connectivity index (χ0n) is 16.4. The number of thiophene rings is 1. The zero-order chi connectivity index (χ0) is 21.1. The molecular weight excluding hydrogens is 412 g/mol. The quantitative estimate of drug-likeness (QED) is 0.425. The van der Waals surface area contributed by atoms with E-state index in [4.69, 9.17) is 5.73 Å². The molecule has 0 saturated heterocycles. The fourth-order valence-corrected chi connectivity index (χ4v) is 4.55. The molecule has 0 unspecified atom stereocenters. The Kier molecular flexibility index (Phi) is 6.38. The summed E-state index contributed by atoms with van der Waals surface area (Å²) < 4.78 is 4.11. The molecule has 0 radical (unpaired) electrons. The average molecular weight is 435 g/mol. The molecule has 0 aliphatic carbocycles. The van der Waals surface area contributed by atoms with Crippen LogP contribution in [0.15, 0.2) is 32.3 Å². The van der Waals surface area contributed by atoms with Gasteiger partial charge in [-0.25, -0.2) is 4.79 Å². The predicted octanol–water partition coefficient (Wildman–Crippen LogP) is 1.85.